The van der Waals surface area contributed by atoms with Gasteiger partial charge in [0.1, 0.15) is 0 Å². The lowest BCUT2D eigenvalue weighted by Gasteiger charge is -2.48. The third kappa shape index (κ3) is 3.77. The molecule has 0 radical (unpaired) electrons. The van der Waals surface area contributed by atoms with Crippen LogP contribution < -0.4 is 0 Å². The van der Waals surface area contributed by atoms with E-state index in [1.165, 1.54) is 0 Å². The molecule has 0 aromatic rings. The molecule has 2 rings (SSSR count). The van der Waals surface area contributed by atoms with Crippen LogP contribution in [0.15, 0.2) is 0 Å². The molecule has 0 N–H and O–H groups in total. The monoisotopic (exact) mass is 326 g/mol. The summed E-state index contributed by atoms with van der Waals surface area (Å²) in [5.41, 5.74) is 0. The maximum absolute atomic E-state index is 6.58. The molecule has 0 saturated carbocycles. The lowest BCUT2D eigenvalue weighted by atomic mass is 9.77. The van der Waals surface area contributed by atoms with Gasteiger partial charge in [0.2, 0.25) is 0 Å². The molecule has 2 fully saturated rings. The van der Waals surface area contributed by atoms with Crippen molar-refractivity contribution in [3.8, 4) is 0 Å². The summed E-state index contributed by atoms with van der Waals surface area (Å²) in [5.74, 6) is 2.65. The molecule has 0 amide bonds. The third-order valence-corrected chi connectivity index (χ3v) is 6.92. The Bertz CT molecular complexity index is 368. The highest BCUT2D eigenvalue weighted by molar-refractivity contribution is 4.89. The maximum atomic E-state index is 6.58. The van der Waals surface area contributed by atoms with E-state index in [1.807, 2.05) is 0 Å². The summed E-state index contributed by atoms with van der Waals surface area (Å²) < 4.78 is 19.2. The Balaban J connectivity index is 2.11. The van der Waals surface area contributed by atoms with Crippen LogP contribution in [-0.2, 0) is 14.2 Å². The molecule has 0 spiro atoms. The zero-order valence-electron chi connectivity index (χ0n) is 16.4. The molecule has 4 unspecified atom stereocenters. The molecule has 0 aromatic heterocycles. The molecule has 136 valence electrons. The van der Waals surface area contributed by atoms with Gasteiger partial charge in [-0.15, -0.1) is 0 Å². The SMILES string of the molecule is CCC1O[C@@H](O[C@@H]2C(CC)O[C@H](C)C(C)[C@H]2C)C(C)[C@@H](C)[C@@H]1C. The summed E-state index contributed by atoms with van der Waals surface area (Å²) in [5, 5.41) is 0. The Morgan fingerprint density at radius 1 is 0.652 bits per heavy atom. The first-order valence-electron chi connectivity index (χ1n) is 9.78. The number of hydrogen-bond donors (Lipinski definition) is 0. The highest BCUT2D eigenvalue weighted by Gasteiger charge is 2.45. The van der Waals surface area contributed by atoms with E-state index in [2.05, 4.69) is 55.4 Å². The Morgan fingerprint density at radius 2 is 1.26 bits per heavy atom. The third-order valence-electron chi connectivity index (χ3n) is 6.92. The second-order valence-electron chi connectivity index (χ2n) is 8.14. The van der Waals surface area contributed by atoms with Gasteiger partial charge >= 0.3 is 0 Å². The second-order valence-corrected chi connectivity index (χ2v) is 8.14. The van der Waals surface area contributed by atoms with Crippen molar-refractivity contribution in [3.63, 3.8) is 0 Å². The van der Waals surface area contributed by atoms with Gasteiger partial charge in [-0.3, -0.25) is 0 Å². The van der Waals surface area contributed by atoms with Crippen molar-refractivity contribution in [1.29, 1.82) is 0 Å². The molecule has 2 saturated heterocycles. The average Bonchev–Trinajstić information content (AvgIpc) is 2.55. The predicted molar refractivity (Wildman–Crippen MR) is 94.3 cm³/mol. The van der Waals surface area contributed by atoms with E-state index in [-0.39, 0.29) is 18.5 Å². The molecule has 2 aliphatic heterocycles. The van der Waals surface area contributed by atoms with E-state index < -0.39 is 0 Å². The first-order valence-corrected chi connectivity index (χ1v) is 9.78. The number of hydrogen-bond acceptors (Lipinski definition) is 3. The van der Waals surface area contributed by atoms with Crippen molar-refractivity contribution >= 4 is 0 Å². The number of ether oxygens (including phenoxy) is 3. The van der Waals surface area contributed by atoms with Crippen molar-refractivity contribution in [2.75, 3.05) is 0 Å². The van der Waals surface area contributed by atoms with Crippen LogP contribution in [0.2, 0.25) is 0 Å². The highest BCUT2D eigenvalue weighted by atomic mass is 16.7. The van der Waals surface area contributed by atoms with Crippen molar-refractivity contribution < 1.29 is 14.2 Å². The molecule has 10 atom stereocenters. The average molecular weight is 327 g/mol. The standard InChI is InChI=1S/C20H38O3/c1-9-17-13(5)11(3)15(7)20(22-17)23-19-14(6)12(4)16(8)21-18(19)10-2/h11-20H,9-10H2,1-8H3/t11-,12?,13-,14+,15?,16+,17?,18?,19-,20-/m0/s1. The van der Waals surface area contributed by atoms with E-state index in [0.717, 1.165) is 12.8 Å². The van der Waals surface area contributed by atoms with Crippen molar-refractivity contribution in [2.24, 2.45) is 29.6 Å². The minimum absolute atomic E-state index is 0.100. The smallest absolute Gasteiger partial charge is 0.161 e. The topological polar surface area (TPSA) is 27.7 Å². The van der Waals surface area contributed by atoms with E-state index in [9.17, 15) is 0 Å². The lowest BCUT2D eigenvalue weighted by molar-refractivity contribution is -0.299. The highest BCUT2D eigenvalue weighted by Crippen LogP contribution is 2.40. The van der Waals surface area contributed by atoms with Crippen LogP contribution in [0.3, 0.4) is 0 Å². The van der Waals surface area contributed by atoms with E-state index >= 15 is 0 Å². The van der Waals surface area contributed by atoms with Crippen LogP contribution >= 0.6 is 0 Å². The first-order chi connectivity index (χ1) is 10.8. The quantitative estimate of drug-likeness (QED) is 0.736. The fourth-order valence-electron chi connectivity index (χ4n) is 4.35. The molecule has 23 heavy (non-hydrogen) atoms. The molecule has 3 heteroatoms. The van der Waals surface area contributed by atoms with Gasteiger partial charge in [-0.1, -0.05) is 48.5 Å². The van der Waals surface area contributed by atoms with E-state index in [1.54, 1.807) is 0 Å². The first kappa shape index (κ1) is 19.2. The Hall–Kier alpha value is -0.120. The van der Waals surface area contributed by atoms with Crippen LogP contribution in [0, 0.1) is 29.6 Å². The van der Waals surface area contributed by atoms with Crippen LogP contribution in [-0.4, -0.2) is 30.7 Å². The van der Waals surface area contributed by atoms with Gasteiger partial charge in [0.15, 0.2) is 6.29 Å². The molecule has 0 bridgehead atoms. The Labute approximate surface area is 143 Å². The molecule has 0 aliphatic carbocycles. The normalized spacial score (nSPS) is 51.7. The minimum atomic E-state index is -0.100. The van der Waals surface area contributed by atoms with Gasteiger partial charge in [0.25, 0.3) is 0 Å². The van der Waals surface area contributed by atoms with E-state index in [4.69, 9.17) is 14.2 Å². The van der Waals surface area contributed by atoms with Gasteiger partial charge < -0.3 is 14.2 Å². The van der Waals surface area contributed by atoms with E-state index in [0.29, 0.717) is 41.8 Å². The Morgan fingerprint density at radius 3 is 1.83 bits per heavy atom. The molecule has 0 aromatic carbocycles. The largest absolute Gasteiger partial charge is 0.372 e. The molecule has 2 heterocycles. The summed E-state index contributed by atoms with van der Waals surface area (Å²) in [6.45, 7) is 18.1. The minimum Gasteiger partial charge on any atom is -0.372 e. The molecular formula is C20H38O3. The Kier molecular flexibility index (Phi) is 6.55. The van der Waals surface area contributed by atoms with Crippen LogP contribution in [0.1, 0.15) is 68.2 Å². The zero-order valence-corrected chi connectivity index (χ0v) is 16.4. The molecular weight excluding hydrogens is 288 g/mol. The van der Waals surface area contributed by atoms with Crippen molar-refractivity contribution in [3.05, 3.63) is 0 Å². The summed E-state index contributed by atoms with van der Waals surface area (Å²) >= 11 is 0. The summed E-state index contributed by atoms with van der Waals surface area (Å²) in [6.07, 6.45) is 2.88. The summed E-state index contributed by atoms with van der Waals surface area (Å²) in [4.78, 5) is 0. The summed E-state index contributed by atoms with van der Waals surface area (Å²) in [6, 6.07) is 0. The van der Waals surface area contributed by atoms with Gasteiger partial charge in [-0.2, -0.15) is 0 Å². The van der Waals surface area contributed by atoms with Crippen molar-refractivity contribution in [2.45, 2.75) is 98.9 Å². The van der Waals surface area contributed by atoms with Gasteiger partial charge in [0.05, 0.1) is 24.4 Å². The number of rotatable bonds is 4. The fourth-order valence-corrected chi connectivity index (χ4v) is 4.35. The lowest BCUT2D eigenvalue weighted by Crippen LogP contribution is -2.54. The predicted octanol–water partition coefficient (Wildman–Crippen LogP) is 4.88. The van der Waals surface area contributed by atoms with Crippen LogP contribution in [0.25, 0.3) is 0 Å². The molecule has 2 aliphatic rings. The summed E-state index contributed by atoms with van der Waals surface area (Å²) in [7, 11) is 0. The molecule has 3 nitrogen and oxygen atoms in total. The van der Waals surface area contributed by atoms with Crippen LogP contribution in [0.4, 0.5) is 0 Å². The van der Waals surface area contributed by atoms with Gasteiger partial charge in [-0.05, 0) is 43.4 Å². The maximum Gasteiger partial charge on any atom is 0.161 e. The zero-order chi connectivity index (χ0) is 17.3. The van der Waals surface area contributed by atoms with Gasteiger partial charge in [-0.25, -0.2) is 0 Å². The van der Waals surface area contributed by atoms with Crippen molar-refractivity contribution in [1.82, 2.24) is 0 Å². The second kappa shape index (κ2) is 7.84. The van der Waals surface area contributed by atoms with Gasteiger partial charge in [0, 0.05) is 5.92 Å². The van der Waals surface area contributed by atoms with Crippen LogP contribution in [0.5, 0.6) is 0 Å². The fraction of sp³-hybridized carbons (Fsp3) is 1.00.